The van der Waals surface area contributed by atoms with Crippen molar-refractivity contribution in [1.82, 2.24) is 10.2 Å². The van der Waals surface area contributed by atoms with Crippen molar-refractivity contribution in [2.24, 2.45) is 10.4 Å². The Bertz CT molecular complexity index is 517. The van der Waals surface area contributed by atoms with E-state index in [1.54, 1.807) is 0 Å². The lowest BCUT2D eigenvalue weighted by molar-refractivity contribution is 0.133. The summed E-state index contributed by atoms with van der Waals surface area (Å²) in [6, 6.07) is 8.43. The maximum absolute atomic E-state index is 5.55. The molecule has 1 saturated heterocycles. The minimum Gasteiger partial charge on any atom is -0.377 e. The largest absolute Gasteiger partial charge is 0.377 e. The maximum atomic E-state index is 5.55. The first kappa shape index (κ1) is 20.2. The minimum atomic E-state index is 0. The molecule has 1 aromatic carbocycles. The van der Waals surface area contributed by atoms with Crippen molar-refractivity contribution in [3.63, 3.8) is 0 Å². The molecule has 1 N–H and O–H groups in total. The number of ether oxygens (including phenoxy) is 1. The van der Waals surface area contributed by atoms with E-state index in [0.29, 0.717) is 12.0 Å². The highest BCUT2D eigenvalue weighted by molar-refractivity contribution is 14.0. The van der Waals surface area contributed by atoms with Crippen molar-refractivity contribution < 1.29 is 4.74 Å². The third kappa shape index (κ3) is 5.95. The molecule has 1 fully saturated rings. The van der Waals surface area contributed by atoms with E-state index in [2.05, 4.69) is 53.3 Å². The molecule has 0 saturated carbocycles. The zero-order chi connectivity index (χ0) is 16.0. The molecule has 0 aliphatic carbocycles. The number of benzene rings is 1. The van der Waals surface area contributed by atoms with Gasteiger partial charge in [0.1, 0.15) is 0 Å². The summed E-state index contributed by atoms with van der Waals surface area (Å²) in [5.74, 6) is 0.997. The fourth-order valence-corrected chi connectivity index (χ4v) is 2.88. The van der Waals surface area contributed by atoms with E-state index in [9.17, 15) is 0 Å². The van der Waals surface area contributed by atoms with E-state index >= 15 is 0 Å². The summed E-state index contributed by atoms with van der Waals surface area (Å²) in [5.41, 5.74) is 2.90. The first-order chi connectivity index (χ1) is 10.6. The Balaban J connectivity index is 0.00000264. The third-order valence-electron chi connectivity index (χ3n) is 4.21. The van der Waals surface area contributed by atoms with E-state index < -0.39 is 0 Å². The number of likely N-dealkylation sites (tertiary alicyclic amines) is 1. The smallest absolute Gasteiger partial charge is 0.193 e. The van der Waals surface area contributed by atoms with E-state index in [1.165, 1.54) is 17.5 Å². The van der Waals surface area contributed by atoms with Crippen LogP contribution in [0.2, 0.25) is 0 Å². The van der Waals surface area contributed by atoms with Crippen LogP contribution in [0.3, 0.4) is 0 Å². The highest BCUT2D eigenvalue weighted by Gasteiger charge is 2.30. The molecule has 1 heterocycles. The lowest BCUT2D eigenvalue weighted by Crippen LogP contribution is -2.40. The van der Waals surface area contributed by atoms with Crippen LogP contribution in [-0.4, -0.2) is 37.6 Å². The number of guanidine groups is 1. The monoisotopic (exact) mass is 431 g/mol. The van der Waals surface area contributed by atoms with Crippen molar-refractivity contribution in [2.45, 2.75) is 40.3 Å². The van der Waals surface area contributed by atoms with Gasteiger partial charge >= 0.3 is 0 Å². The Morgan fingerprint density at radius 1 is 1.30 bits per heavy atom. The van der Waals surface area contributed by atoms with E-state index in [4.69, 9.17) is 4.74 Å². The molecule has 0 radical (unpaired) electrons. The summed E-state index contributed by atoms with van der Waals surface area (Å²) in [5, 5.41) is 3.50. The summed E-state index contributed by atoms with van der Waals surface area (Å²) in [4.78, 5) is 6.80. The van der Waals surface area contributed by atoms with Crippen LogP contribution in [-0.2, 0) is 17.9 Å². The van der Waals surface area contributed by atoms with Crippen LogP contribution in [0, 0.1) is 5.41 Å². The molecule has 2 rings (SSSR count). The van der Waals surface area contributed by atoms with Crippen molar-refractivity contribution in [1.29, 1.82) is 0 Å². The first-order valence-electron chi connectivity index (χ1n) is 8.16. The SMILES string of the molecule is CCOCc1ccccc1CNC(=NC)N1CCC(C)(C)C1.I. The van der Waals surface area contributed by atoms with Crippen molar-refractivity contribution in [3.8, 4) is 0 Å². The Hall–Kier alpha value is -0.820. The van der Waals surface area contributed by atoms with Gasteiger partial charge in [0.25, 0.3) is 0 Å². The number of hydrogen-bond acceptors (Lipinski definition) is 2. The summed E-state index contributed by atoms with van der Waals surface area (Å²) in [7, 11) is 1.86. The molecule has 5 heteroatoms. The van der Waals surface area contributed by atoms with Crippen LogP contribution in [0.25, 0.3) is 0 Å². The van der Waals surface area contributed by atoms with E-state index in [1.807, 2.05) is 14.0 Å². The van der Waals surface area contributed by atoms with Gasteiger partial charge in [-0.3, -0.25) is 4.99 Å². The van der Waals surface area contributed by atoms with Crippen LogP contribution in [0.4, 0.5) is 0 Å². The maximum Gasteiger partial charge on any atom is 0.193 e. The molecule has 0 bridgehead atoms. The van der Waals surface area contributed by atoms with Gasteiger partial charge in [-0.05, 0) is 29.9 Å². The van der Waals surface area contributed by atoms with Gasteiger partial charge in [-0.25, -0.2) is 0 Å². The number of halogens is 1. The predicted octanol–water partition coefficient (Wildman–Crippen LogP) is 3.65. The lowest BCUT2D eigenvalue weighted by Gasteiger charge is -2.24. The highest BCUT2D eigenvalue weighted by Crippen LogP contribution is 2.28. The molecule has 0 amide bonds. The molecule has 0 atom stereocenters. The quantitative estimate of drug-likeness (QED) is 0.440. The second kappa shape index (κ2) is 9.47. The molecule has 1 aromatic rings. The second-order valence-electron chi connectivity index (χ2n) is 6.64. The highest BCUT2D eigenvalue weighted by atomic mass is 127. The number of aliphatic imine (C=N–C) groups is 1. The first-order valence-corrected chi connectivity index (χ1v) is 8.16. The average molecular weight is 431 g/mol. The van der Waals surface area contributed by atoms with Crippen molar-refractivity contribution >= 4 is 29.9 Å². The van der Waals surface area contributed by atoms with Crippen molar-refractivity contribution in [3.05, 3.63) is 35.4 Å². The molecule has 4 nitrogen and oxygen atoms in total. The topological polar surface area (TPSA) is 36.9 Å². The normalized spacial score (nSPS) is 17.0. The van der Waals surface area contributed by atoms with Crippen LogP contribution in [0.5, 0.6) is 0 Å². The summed E-state index contributed by atoms with van der Waals surface area (Å²) < 4.78 is 5.55. The molecule has 1 aliphatic rings. The zero-order valence-corrected chi connectivity index (χ0v) is 17.1. The zero-order valence-electron chi connectivity index (χ0n) is 14.8. The van der Waals surface area contributed by atoms with Crippen LogP contribution < -0.4 is 5.32 Å². The standard InChI is InChI=1S/C18H29N3O.HI/c1-5-22-13-16-9-7-6-8-15(16)12-20-17(19-4)21-11-10-18(2,3)14-21;/h6-9H,5,10-14H2,1-4H3,(H,19,20);1H. The number of nitrogens with zero attached hydrogens (tertiary/aromatic N) is 2. The van der Waals surface area contributed by atoms with Gasteiger partial charge in [-0.2, -0.15) is 0 Å². The van der Waals surface area contributed by atoms with Crippen LogP contribution in [0.1, 0.15) is 38.3 Å². The molecule has 0 spiro atoms. The van der Waals surface area contributed by atoms with Gasteiger partial charge in [0, 0.05) is 33.3 Å². The molecule has 23 heavy (non-hydrogen) atoms. The number of rotatable bonds is 5. The summed E-state index contributed by atoms with van der Waals surface area (Å²) in [6.07, 6.45) is 1.22. The molecular formula is C18H30IN3O. The fourth-order valence-electron chi connectivity index (χ4n) is 2.88. The molecular weight excluding hydrogens is 401 g/mol. The predicted molar refractivity (Wildman–Crippen MR) is 107 cm³/mol. The Morgan fingerprint density at radius 2 is 2.00 bits per heavy atom. The minimum absolute atomic E-state index is 0. The molecule has 0 aromatic heterocycles. The van der Waals surface area contributed by atoms with Gasteiger partial charge in [0.05, 0.1) is 6.61 Å². The van der Waals surface area contributed by atoms with Gasteiger partial charge in [-0.1, -0.05) is 38.1 Å². The van der Waals surface area contributed by atoms with Gasteiger partial charge in [0.15, 0.2) is 5.96 Å². The van der Waals surface area contributed by atoms with Gasteiger partial charge in [-0.15, -0.1) is 24.0 Å². The average Bonchev–Trinajstić information content (AvgIpc) is 2.87. The second-order valence-corrected chi connectivity index (χ2v) is 6.64. The van der Waals surface area contributed by atoms with Gasteiger partial charge in [0.2, 0.25) is 0 Å². The Kier molecular flexibility index (Phi) is 8.33. The Labute approximate surface area is 157 Å². The fraction of sp³-hybridized carbons (Fsp3) is 0.611. The van der Waals surface area contributed by atoms with E-state index in [0.717, 1.165) is 32.2 Å². The molecule has 0 unspecified atom stereocenters. The lowest BCUT2D eigenvalue weighted by atomic mass is 9.93. The molecule has 130 valence electrons. The summed E-state index contributed by atoms with van der Waals surface area (Å²) in [6.45, 7) is 11.0. The number of nitrogens with one attached hydrogen (secondary N) is 1. The Morgan fingerprint density at radius 3 is 2.57 bits per heavy atom. The number of hydrogen-bond donors (Lipinski definition) is 1. The van der Waals surface area contributed by atoms with Crippen LogP contribution >= 0.6 is 24.0 Å². The third-order valence-corrected chi connectivity index (χ3v) is 4.21. The van der Waals surface area contributed by atoms with Crippen LogP contribution in [0.15, 0.2) is 29.3 Å². The van der Waals surface area contributed by atoms with E-state index in [-0.39, 0.29) is 24.0 Å². The van der Waals surface area contributed by atoms with Gasteiger partial charge < -0.3 is 15.0 Å². The van der Waals surface area contributed by atoms with Crippen molar-refractivity contribution in [2.75, 3.05) is 26.7 Å². The summed E-state index contributed by atoms with van der Waals surface area (Å²) >= 11 is 0. The molecule has 1 aliphatic heterocycles.